The molecular formula is C17H21F2NO2. The molecule has 0 spiro atoms. The third kappa shape index (κ3) is 2.69. The number of carbonyl (C=O) groups excluding carboxylic acids is 1. The average Bonchev–Trinajstić information content (AvgIpc) is 3.10. The summed E-state index contributed by atoms with van der Waals surface area (Å²) >= 11 is 0. The highest BCUT2D eigenvalue weighted by Crippen LogP contribution is 2.45. The van der Waals surface area contributed by atoms with Crippen LogP contribution in [-0.2, 0) is 17.6 Å². The number of hydrogen-bond acceptors (Lipinski definition) is 2. The van der Waals surface area contributed by atoms with Crippen LogP contribution >= 0.6 is 0 Å². The first kappa shape index (κ1) is 15.3. The van der Waals surface area contributed by atoms with E-state index >= 15 is 0 Å². The number of fused-ring (bicyclic) bond motifs is 3. The minimum Gasteiger partial charge on any atom is -0.493 e. The molecule has 1 atom stereocenters. The number of ether oxygens (including phenoxy) is 1. The van der Waals surface area contributed by atoms with Gasteiger partial charge >= 0.3 is 5.92 Å². The van der Waals surface area contributed by atoms with Crippen LogP contribution in [0, 0.1) is 0 Å². The van der Waals surface area contributed by atoms with E-state index in [0.717, 1.165) is 35.3 Å². The summed E-state index contributed by atoms with van der Waals surface area (Å²) in [6.07, 6.45) is 2.51. The van der Waals surface area contributed by atoms with E-state index in [1.54, 1.807) is 0 Å². The van der Waals surface area contributed by atoms with E-state index in [1.165, 1.54) is 0 Å². The number of aryl methyl sites for hydroxylation is 1. The molecule has 0 aromatic heterocycles. The van der Waals surface area contributed by atoms with Crippen molar-refractivity contribution in [3.63, 3.8) is 0 Å². The zero-order valence-corrected chi connectivity index (χ0v) is 12.8. The lowest BCUT2D eigenvalue weighted by molar-refractivity contribution is -0.147. The lowest BCUT2D eigenvalue weighted by Gasteiger charge is -2.21. The van der Waals surface area contributed by atoms with Crippen LogP contribution in [0.5, 0.6) is 5.75 Å². The number of nitrogens with one attached hydrogen (secondary N) is 1. The summed E-state index contributed by atoms with van der Waals surface area (Å²) in [5.74, 6) is -3.89. The maximum absolute atomic E-state index is 14.2. The predicted octanol–water partition coefficient (Wildman–Crippen LogP) is 3.20. The van der Waals surface area contributed by atoms with E-state index in [1.807, 2.05) is 19.1 Å². The monoisotopic (exact) mass is 309 g/mol. The third-order valence-electron chi connectivity index (χ3n) is 4.55. The summed E-state index contributed by atoms with van der Waals surface area (Å²) < 4.78 is 33.9. The van der Waals surface area contributed by atoms with Gasteiger partial charge in [0, 0.05) is 24.9 Å². The molecule has 120 valence electrons. The van der Waals surface area contributed by atoms with Gasteiger partial charge in [-0.3, -0.25) is 4.79 Å². The van der Waals surface area contributed by atoms with Crippen LogP contribution in [0.25, 0.3) is 0 Å². The molecule has 0 bridgehead atoms. The van der Waals surface area contributed by atoms with Gasteiger partial charge in [0.25, 0.3) is 5.91 Å². The molecule has 2 aliphatic rings. The van der Waals surface area contributed by atoms with Gasteiger partial charge in [0.05, 0.1) is 6.61 Å². The van der Waals surface area contributed by atoms with Crippen molar-refractivity contribution in [1.82, 2.24) is 5.32 Å². The fraction of sp³-hybridized carbons (Fsp3) is 0.588. The van der Waals surface area contributed by atoms with Gasteiger partial charge in [-0.05, 0) is 42.4 Å². The fourth-order valence-electron chi connectivity index (χ4n) is 3.52. The Morgan fingerprint density at radius 3 is 3.00 bits per heavy atom. The van der Waals surface area contributed by atoms with Gasteiger partial charge in [-0.25, -0.2) is 0 Å². The number of benzene rings is 1. The van der Waals surface area contributed by atoms with Crippen molar-refractivity contribution in [2.75, 3.05) is 13.2 Å². The first-order valence-corrected chi connectivity index (χ1v) is 7.96. The molecule has 1 aromatic carbocycles. The molecule has 1 amide bonds. The van der Waals surface area contributed by atoms with Crippen LogP contribution in [0.2, 0.25) is 0 Å². The molecule has 0 radical (unpaired) electrons. The Bertz CT molecular complexity index is 586. The van der Waals surface area contributed by atoms with Crippen LogP contribution < -0.4 is 10.1 Å². The van der Waals surface area contributed by atoms with Crippen LogP contribution in [-0.4, -0.2) is 25.0 Å². The largest absolute Gasteiger partial charge is 0.493 e. The summed E-state index contributed by atoms with van der Waals surface area (Å²) in [7, 11) is 0. The smallest absolute Gasteiger partial charge is 0.325 e. The second-order valence-corrected chi connectivity index (χ2v) is 6.11. The topological polar surface area (TPSA) is 38.3 Å². The Morgan fingerprint density at radius 2 is 2.23 bits per heavy atom. The average molecular weight is 309 g/mol. The summed E-state index contributed by atoms with van der Waals surface area (Å²) in [6, 6.07) is 3.92. The molecule has 0 fully saturated rings. The van der Waals surface area contributed by atoms with Crippen molar-refractivity contribution in [3.8, 4) is 5.75 Å². The fourth-order valence-corrected chi connectivity index (χ4v) is 3.52. The van der Waals surface area contributed by atoms with Gasteiger partial charge in [0.15, 0.2) is 0 Å². The molecule has 1 aliphatic carbocycles. The van der Waals surface area contributed by atoms with Crippen molar-refractivity contribution in [2.45, 2.75) is 50.9 Å². The Kier molecular flexibility index (Phi) is 4.06. The van der Waals surface area contributed by atoms with Crippen molar-refractivity contribution < 1.29 is 18.3 Å². The molecule has 1 N–H and O–H groups in total. The number of rotatable bonds is 5. The Morgan fingerprint density at radius 1 is 1.41 bits per heavy atom. The van der Waals surface area contributed by atoms with E-state index in [2.05, 4.69) is 5.32 Å². The second kappa shape index (κ2) is 5.86. The lowest BCUT2D eigenvalue weighted by atomic mass is 9.89. The van der Waals surface area contributed by atoms with Gasteiger partial charge in [0.2, 0.25) is 0 Å². The summed E-state index contributed by atoms with van der Waals surface area (Å²) in [4.78, 5) is 11.7. The third-order valence-corrected chi connectivity index (χ3v) is 4.55. The van der Waals surface area contributed by atoms with E-state index in [4.69, 9.17) is 4.74 Å². The van der Waals surface area contributed by atoms with Gasteiger partial charge in [-0.2, -0.15) is 8.78 Å². The van der Waals surface area contributed by atoms with Crippen molar-refractivity contribution in [3.05, 3.63) is 28.8 Å². The van der Waals surface area contributed by atoms with Gasteiger partial charge in [-0.15, -0.1) is 0 Å². The molecule has 1 aromatic rings. The van der Waals surface area contributed by atoms with Crippen molar-refractivity contribution in [2.24, 2.45) is 0 Å². The first-order chi connectivity index (χ1) is 10.5. The molecule has 5 heteroatoms. The minimum atomic E-state index is -3.32. The molecule has 1 heterocycles. The van der Waals surface area contributed by atoms with E-state index in [9.17, 15) is 13.6 Å². The van der Waals surface area contributed by atoms with Crippen molar-refractivity contribution in [1.29, 1.82) is 0 Å². The highest BCUT2D eigenvalue weighted by Gasteiger charge is 2.43. The summed E-state index contributed by atoms with van der Waals surface area (Å²) in [6.45, 7) is 2.75. The van der Waals surface area contributed by atoms with Crippen LogP contribution in [0.15, 0.2) is 12.1 Å². The van der Waals surface area contributed by atoms with E-state index in [0.29, 0.717) is 26.0 Å². The molecule has 3 nitrogen and oxygen atoms in total. The maximum atomic E-state index is 14.2. The van der Waals surface area contributed by atoms with Crippen molar-refractivity contribution >= 4 is 5.91 Å². The predicted molar refractivity (Wildman–Crippen MR) is 79.6 cm³/mol. The Hall–Kier alpha value is -1.65. The lowest BCUT2D eigenvalue weighted by Crippen LogP contribution is -2.41. The zero-order valence-electron chi connectivity index (χ0n) is 12.8. The summed E-state index contributed by atoms with van der Waals surface area (Å²) in [5, 5.41) is 2.31. The quantitative estimate of drug-likeness (QED) is 0.907. The van der Waals surface area contributed by atoms with E-state index < -0.39 is 18.3 Å². The maximum Gasteiger partial charge on any atom is 0.325 e. The van der Waals surface area contributed by atoms with Gasteiger partial charge in [0.1, 0.15) is 5.75 Å². The number of hydrogen-bond donors (Lipinski definition) is 1. The van der Waals surface area contributed by atoms with Crippen LogP contribution in [0.3, 0.4) is 0 Å². The number of halogens is 2. The highest BCUT2D eigenvalue weighted by molar-refractivity contribution is 5.83. The van der Waals surface area contributed by atoms with Gasteiger partial charge < -0.3 is 10.1 Å². The molecule has 0 saturated heterocycles. The highest BCUT2D eigenvalue weighted by atomic mass is 19.3. The van der Waals surface area contributed by atoms with Crippen LogP contribution in [0.4, 0.5) is 8.78 Å². The summed E-state index contributed by atoms with van der Waals surface area (Å²) in [5.41, 5.74) is 3.22. The minimum absolute atomic E-state index is 0.256. The molecule has 1 aliphatic heterocycles. The standard InChI is InChI=1S/C17H21F2NO2/c1-2-8-20-16(21)17(18,19)10-12-4-3-11-5-6-14-13(15(11)12)7-9-22-14/h5-6,12H,2-4,7-10H2,1H3,(H,20,21). The second-order valence-electron chi connectivity index (χ2n) is 6.11. The Balaban J connectivity index is 1.79. The number of carbonyl (C=O) groups is 1. The van der Waals surface area contributed by atoms with Gasteiger partial charge in [-0.1, -0.05) is 13.0 Å². The number of amides is 1. The molecular weight excluding hydrogens is 288 g/mol. The van der Waals surface area contributed by atoms with E-state index in [-0.39, 0.29) is 5.92 Å². The van der Waals surface area contributed by atoms with Crippen LogP contribution in [0.1, 0.15) is 48.8 Å². The zero-order chi connectivity index (χ0) is 15.7. The molecule has 1 unspecified atom stereocenters. The number of alkyl halides is 2. The molecule has 22 heavy (non-hydrogen) atoms. The molecule has 0 saturated carbocycles. The first-order valence-electron chi connectivity index (χ1n) is 7.96. The molecule has 3 rings (SSSR count). The Labute approximate surface area is 129 Å². The normalized spacial score (nSPS) is 19.5. The SMILES string of the molecule is CCCNC(=O)C(F)(F)CC1CCc2ccc3c(c21)CCO3.